The predicted octanol–water partition coefficient (Wildman–Crippen LogP) is 2.32. The highest BCUT2D eigenvalue weighted by molar-refractivity contribution is 5.76. The van der Waals surface area contributed by atoms with E-state index in [1.807, 2.05) is 0 Å². The molecule has 0 unspecified atom stereocenters. The van der Waals surface area contributed by atoms with Gasteiger partial charge >= 0.3 is 0 Å². The molecule has 0 aromatic heterocycles. The Balaban J connectivity index is 2.72. The van der Waals surface area contributed by atoms with Crippen LogP contribution in [0.25, 0.3) is 11.1 Å². The summed E-state index contributed by atoms with van der Waals surface area (Å²) >= 11 is 0. The predicted molar refractivity (Wildman–Crippen MR) is 58.5 cm³/mol. The summed E-state index contributed by atoms with van der Waals surface area (Å²) in [4.78, 5) is 0. The Morgan fingerprint density at radius 2 is 1.41 bits per heavy atom. The topological polar surface area (TPSA) is 80.9 Å². The molecular formula is C12H9FO4. The SMILES string of the molecule is Oc1ccc(F)c(-c2cc(O)cc(O)c2O)c1. The molecule has 2 aromatic carbocycles. The first kappa shape index (κ1) is 11.1. The van der Waals surface area contributed by atoms with Gasteiger partial charge in [0.15, 0.2) is 11.5 Å². The fourth-order valence-electron chi connectivity index (χ4n) is 1.53. The van der Waals surface area contributed by atoms with Crippen LogP contribution in [0.15, 0.2) is 30.3 Å². The second-order valence-corrected chi connectivity index (χ2v) is 3.53. The van der Waals surface area contributed by atoms with Gasteiger partial charge in [-0.25, -0.2) is 4.39 Å². The normalized spacial score (nSPS) is 10.4. The van der Waals surface area contributed by atoms with Crippen LogP contribution in [-0.4, -0.2) is 20.4 Å². The van der Waals surface area contributed by atoms with Gasteiger partial charge in [0.2, 0.25) is 0 Å². The number of rotatable bonds is 1. The number of hydrogen-bond donors (Lipinski definition) is 4. The van der Waals surface area contributed by atoms with Crippen molar-refractivity contribution in [1.29, 1.82) is 0 Å². The van der Waals surface area contributed by atoms with Gasteiger partial charge in [-0.3, -0.25) is 0 Å². The smallest absolute Gasteiger partial charge is 0.165 e. The van der Waals surface area contributed by atoms with Crippen molar-refractivity contribution in [2.24, 2.45) is 0 Å². The van der Waals surface area contributed by atoms with E-state index < -0.39 is 17.3 Å². The average molecular weight is 236 g/mol. The zero-order valence-electron chi connectivity index (χ0n) is 8.55. The van der Waals surface area contributed by atoms with Crippen LogP contribution < -0.4 is 0 Å². The first-order valence-corrected chi connectivity index (χ1v) is 4.73. The second-order valence-electron chi connectivity index (χ2n) is 3.53. The molecule has 0 heterocycles. The Bertz CT molecular complexity index is 581. The van der Waals surface area contributed by atoms with Crippen LogP contribution in [0.5, 0.6) is 23.0 Å². The van der Waals surface area contributed by atoms with E-state index in [1.54, 1.807) is 0 Å². The molecule has 0 aliphatic carbocycles. The minimum absolute atomic E-state index is 0.101. The van der Waals surface area contributed by atoms with Gasteiger partial charge in [-0.2, -0.15) is 0 Å². The largest absolute Gasteiger partial charge is 0.508 e. The summed E-state index contributed by atoms with van der Waals surface area (Å²) in [5.74, 6) is -2.33. The quantitative estimate of drug-likeness (QED) is 0.452. The third kappa shape index (κ3) is 1.94. The highest BCUT2D eigenvalue weighted by Gasteiger charge is 2.15. The van der Waals surface area contributed by atoms with Gasteiger partial charge < -0.3 is 20.4 Å². The highest BCUT2D eigenvalue weighted by Crippen LogP contribution is 2.41. The first-order valence-electron chi connectivity index (χ1n) is 4.73. The minimum atomic E-state index is -0.692. The molecule has 2 aromatic rings. The minimum Gasteiger partial charge on any atom is -0.508 e. The average Bonchev–Trinajstić information content (AvgIpc) is 2.27. The lowest BCUT2D eigenvalue weighted by molar-refractivity contribution is 0.397. The number of halogens is 1. The number of phenolic OH excluding ortho intramolecular Hbond substituents is 4. The summed E-state index contributed by atoms with van der Waals surface area (Å²) in [5.41, 5.74) is -0.218. The van der Waals surface area contributed by atoms with E-state index >= 15 is 0 Å². The molecule has 0 atom stereocenters. The fraction of sp³-hybridized carbons (Fsp3) is 0. The maximum Gasteiger partial charge on any atom is 0.165 e. The lowest BCUT2D eigenvalue weighted by Gasteiger charge is -2.08. The van der Waals surface area contributed by atoms with E-state index in [-0.39, 0.29) is 22.6 Å². The van der Waals surface area contributed by atoms with Crippen LogP contribution in [0.1, 0.15) is 0 Å². The molecule has 2 rings (SSSR count). The van der Waals surface area contributed by atoms with Gasteiger partial charge in [0, 0.05) is 17.2 Å². The van der Waals surface area contributed by atoms with Crippen molar-refractivity contribution in [2.45, 2.75) is 0 Å². The summed E-state index contributed by atoms with van der Waals surface area (Å²) in [7, 11) is 0. The number of benzene rings is 2. The zero-order chi connectivity index (χ0) is 12.6. The van der Waals surface area contributed by atoms with Crippen LogP contribution in [0.2, 0.25) is 0 Å². The van der Waals surface area contributed by atoms with Gasteiger partial charge in [-0.15, -0.1) is 0 Å². The Hall–Kier alpha value is -2.43. The van der Waals surface area contributed by atoms with Crippen molar-refractivity contribution in [1.82, 2.24) is 0 Å². The third-order valence-electron chi connectivity index (χ3n) is 2.31. The van der Waals surface area contributed by atoms with Gasteiger partial charge in [-0.05, 0) is 24.3 Å². The standard InChI is InChI=1S/C12H9FO4/c13-10-2-1-6(14)3-8(10)9-4-7(15)5-11(16)12(9)17/h1-5,14-17H. The number of aromatic hydroxyl groups is 4. The molecule has 17 heavy (non-hydrogen) atoms. The van der Waals surface area contributed by atoms with Crippen LogP contribution in [0.4, 0.5) is 4.39 Å². The molecule has 4 N–H and O–H groups in total. The van der Waals surface area contributed by atoms with E-state index in [2.05, 4.69) is 0 Å². The van der Waals surface area contributed by atoms with Crippen LogP contribution >= 0.6 is 0 Å². The van der Waals surface area contributed by atoms with E-state index in [0.29, 0.717) is 0 Å². The molecule has 0 bridgehead atoms. The Kier molecular flexibility index (Phi) is 2.51. The molecule has 0 saturated carbocycles. The van der Waals surface area contributed by atoms with Crippen molar-refractivity contribution < 1.29 is 24.8 Å². The van der Waals surface area contributed by atoms with Crippen LogP contribution in [0.3, 0.4) is 0 Å². The molecule has 0 amide bonds. The van der Waals surface area contributed by atoms with Crippen molar-refractivity contribution in [2.75, 3.05) is 0 Å². The Morgan fingerprint density at radius 3 is 2.12 bits per heavy atom. The van der Waals surface area contributed by atoms with Gasteiger partial charge in [-0.1, -0.05) is 0 Å². The lowest BCUT2D eigenvalue weighted by Crippen LogP contribution is -1.85. The Morgan fingerprint density at radius 1 is 0.765 bits per heavy atom. The maximum atomic E-state index is 13.5. The molecule has 0 aliphatic rings. The summed E-state index contributed by atoms with van der Waals surface area (Å²) in [5, 5.41) is 37.4. The highest BCUT2D eigenvalue weighted by atomic mass is 19.1. The van der Waals surface area contributed by atoms with Crippen LogP contribution in [0, 0.1) is 5.82 Å². The Labute approximate surface area is 95.8 Å². The summed E-state index contributed by atoms with van der Waals surface area (Å²) in [6, 6.07) is 5.28. The fourth-order valence-corrected chi connectivity index (χ4v) is 1.53. The second kappa shape index (κ2) is 3.86. The van der Waals surface area contributed by atoms with Crippen molar-refractivity contribution in [3.63, 3.8) is 0 Å². The van der Waals surface area contributed by atoms with Gasteiger partial charge in [0.05, 0.1) is 0 Å². The summed E-state index contributed by atoms with van der Waals surface area (Å²) < 4.78 is 13.5. The molecule has 5 heteroatoms. The van der Waals surface area contributed by atoms with Crippen molar-refractivity contribution in [3.05, 3.63) is 36.1 Å². The van der Waals surface area contributed by atoms with Crippen LogP contribution in [-0.2, 0) is 0 Å². The molecule has 0 radical (unpaired) electrons. The molecule has 0 saturated heterocycles. The van der Waals surface area contributed by atoms with Crippen molar-refractivity contribution >= 4 is 0 Å². The van der Waals surface area contributed by atoms with Gasteiger partial charge in [0.25, 0.3) is 0 Å². The summed E-state index contributed by atoms with van der Waals surface area (Å²) in [6.07, 6.45) is 0. The van der Waals surface area contributed by atoms with E-state index in [9.17, 15) is 24.8 Å². The number of phenols is 4. The maximum absolute atomic E-state index is 13.5. The molecular weight excluding hydrogens is 227 g/mol. The van der Waals surface area contributed by atoms with E-state index in [4.69, 9.17) is 0 Å². The third-order valence-corrected chi connectivity index (χ3v) is 2.31. The first-order chi connectivity index (χ1) is 7.99. The molecule has 88 valence electrons. The molecule has 4 nitrogen and oxygen atoms in total. The lowest BCUT2D eigenvalue weighted by atomic mass is 10.0. The monoisotopic (exact) mass is 236 g/mol. The summed E-state index contributed by atoms with van der Waals surface area (Å²) in [6.45, 7) is 0. The molecule has 0 fully saturated rings. The van der Waals surface area contributed by atoms with E-state index in [0.717, 1.165) is 30.3 Å². The van der Waals surface area contributed by atoms with Crippen molar-refractivity contribution in [3.8, 4) is 34.1 Å². The number of hydrogen-bond acceptors (Lipinski definition) is 4. The molecule has 0 spiro atoms. The zero-order valence-corrected chi connectivity index (χ0v) is 8.55. The van der Waals surface area contributed by atoms with Gasteiger partial charge in [0.1, 0.15) is 17.3 Å². The molecule has 0 aliphatic heterocycles. The van der Waals surface area contributed by atoms with E-state index in [1.165, 1.54) is 0 Å².